The van der Waals surface area contributed by atoms with Crippen LogP contribution in [0.3, 0.4) is 0 Å². The Labute approximate surface area is 408 Å². The highest BCUT2D eigenvalue weighted by Gasteiger charge is 2.29. The maximum absolute atomic E-state index is 13.4. The van der Waals surface area contributed by atoms with Crippen LogP contribution in [0.2, 0.25) is 0 Å². The molecule has 14 N–H and O–H groups in total. The van der Waals surface area contributed by atoms with E-state index in [1.165, 1.54) is 0 Å². The van der Waals surface area contributed by atoms with Crippen LogP contribution >= 0.6 is 0 Å². The van der Waals surface area contributed by atoms with Crippen molar-refractivity contribution in [1.82, 2.24) is 36.8 Å². The molecule has 0 bridgehead atoms. The van der Waals surface area contributed by atoms with E-state index >= 15 is 0 Å². The Bertz CT molecular complexity index is 2260. The topological polar surface area (TPSA) is 378 Å². The first-order valence-corrected chi connectivity index (χ1v) is 22.7. The van der Waals surface area contributed by atoms with E-state index in [4.69, 9.17) is 5.11 Å². The maximum atomic E-state index is 13.4. The lowest BCUT2D eigenvalue weighted by molar-refractivity contribution is -0.142. The molecule has 3 aromatic carbocycles. The minimum Gasteiger partial charge on any atom is -0.508 e. The number of phenols is 2. The number of aliphatic carboxylic acids is 5. The van der Waals surface area contributed by atoms with Crippen LogP contribution in [-0.2, 0) is 46.7 Å². The maximum Gasteiger partial charge on any atom is 0.326 e. The second-order valence-electron chi connectivity index (χ2n) is 16.2. The van der Waals surface area contributed by atoms with Crippen LogP contribution in [0, 0.1) is 0 Å². The lowest BCUT2D eigenvalue weighted by Crippen LogP contribution is -2.52. The van der Waals surface area contributed by atoms with Gasteiger partial charge in [0.2, 0.25) is 11.8 Å². The molecule has 24 nitrogen and oxygen atoms in total. The normalized spacial score (nSPS) is 12.8. The highest BCUT2D eigenvalue weighted by atomic mass is 16.4. The van der Waals surface area contributed by atoms with Gasteiger partial charge in [-0.2, -0.15) is 0 Å². The van der Waals surface area contributed by atoms with Gasteiger partial charge < -0.3 is 73.0 Å². The monoisotopic (exact) mass is 993 g/mol. The zero-order chi connectivity index (χ0) is 52.1. The second-order valence-corrected chi connectivity index (χ2v) is 16.2. The lowest BCUT2D eigenvalue weighted by atomic mass is 10.1. The van der Waals surface area contributed by atoms with Gasteiger partial charge in [0.1, 0.15) is 35.7 Å². The van der Waals surface area contributed by atoms with Crippen LogP contribution in [0.1, 0.15) is 61.6 Å². The van der Waals surface area contributed by atoms with Crippen molar-refractivity contribution in [2.75, 3.05) is 51.1 Å². The first-order valence-electron chi connectivity index (χ1n) is 22.7. The number of benzene rings is 3. The van der Waals surface area contributed by atoms with Gasteiger partial charge in [0.05, 0.1) is 19.4 Å². The molecule has 0 aliphatic heterocycles. The minimum atomic E-state index is -1.64. The number of carboxylic acid groups (broad SMARTS) is 5. The Kier molecular flexibility index (Phi) is 25.4. The van der Waals surface area contributed by atoms with Crippen LogP contribution in [0.15, 0.2) is 77.8 Å². The summed E-state index contributed by atoms with van der Waals surface area (Å²) in [6.45, 7) is 4.55. The van der Waals surface area contributed by atoms with Crippen LogP contribution in [0.25, 0.3) is 0 Å². The molecule has 0 saturated heterocycles. The van der Waals surface area contributed by atoms with E-state index in [1.54, 1.807) is 60.8 Å². The summed E-state index contributed by atoms with van der Waals surface area (Å²) in [4.78, 5) is 103. The molecule has 3 rings (SSSR count). The van der Waals surface area contributed by atoms with Gasteiger partial charge in [-0.15, -0.1) is 0 Å². The Hall–Kier alpha value is -7.83. The number of carboxylic acids is 5. The van der Waals surface area contributed by atoms with Gasteiger partial charge >= 0.3 is 35.9 Å². The number of carbonyl (C=O) groups excluding carboxylic acids is 3. The fourth-order valence-electron chi connectivity index (χ4n) is 6.82. The molecule has 386 valence electrons. The molecule has 0 aliphatic carbocycles. The SMILES string of the molecule is O=C(O)CCC(NC(=O)NC(CCCCNC(=O)C(CC(=O)O)NC(=O)C(CC(=O)O)Nc1ccc(CN(CCNCCNCCN=Cc2ccccc2O)Cc2ccccc2O)cc1)C(=O)O)C(=O)O. The molecule has 4 atom stereocenters. The first-order chi connectivity index (χ1) is 33.9. The number of carbonyl (C=O) groups is 8. The number of hydrogen-bond donors (Lipinski definition) is 14. The van der Waals surface area contributed by atoms with Gasteiger partial charge in [0.25, 0.3) is 0 Å². The number of anilines is 1. The van der Waals surface area contributed by atoms with Gasteiger partial charge in [0, 0.05) is 81.8 Å². The van der Waals surface area contributed by atoms with Crippen molar-refractivity contribution >= 4 is 59.6 Å². The predicted molar refractivity (Wildman–Crippen MR) is 257 cm³/mol. The third kappa shape index (κ3) is 23.4. The van der Waals surface area contributed by atoms with Crippen molar-refractivity contribution in [2.24, 2.45) is 4.99 Å². The smallest absolute Gasteiger partial charge is 0.326 e. The highest BCUT2D eigenvalue weighted by molar-refractivity contribution is 5.94. The minimum absolute atomic E-state index is 0.0879. The zero-order valence-corrected chi connectivity index (χ0v) is 38.9. The summed E-state index contributed by atoms with van der Waals surface area (Å²) in [7, 11) is 0. The molecule has 3 aromatic rings. The number of nitrogens with one attached hydrogen (secondary N) is 7. The highest BCUT2D eigenvalue weighted by Crippen LogP contribution is 2.20. The number of urea groups is 1. The number of rotatable bonds is 35. The molecule has 0 saturated carbocycles. The number of hydrogen-bond acceptors (Lipinski definition) is 15. The number of para-hydroxylation sites is 2. The predicted octanol–water partition coefficient (Wildman–Crippen LogP) is 0.970. The third-order valence-corrected chi connectivity index (χ3v) is 10.5. The molecule has 0 aromatic heterocycles. The van der Waals surface area contributed by atoms with Gasteiger partial charge in [-0.3, -0.25) is 33.9 Å². The van der Waals surface area contributed by atoms with Crippen molar-refractivity contribution in [3.63, 3.8) is 0 Å². The summed E-state index contributed by atoms with van der Waals surface area (Å²) in [5, 5.41) is 85.5. The quantitative estimate of drug-likeness (QED) is 0.0288. The number of phenolic OH excluding ortho intramolecular Hbond substituents is 2. The molecule has 4 amide bonds. The molecule has 0 radical (unpaired) electrons. The molecular weight excluding hydrogens is 931 g/mol. The number of aliphatic imine (C=N–C) groups is 1. The lowest BCUT2D eigenvalue weighted by Gasteiger charge is -2.24. The number of nitrogens with zero attached hydrogens (tertiary/aromatic N) is 2. The Morgan fingerprint density at radius 3 is 1.80 bits per heavy atom. The molecule has 0 spiro atoms. The van der Waals surface area contributed by atoms with Gasteiger partial charge in [-0.1, -0.05) is 42.5 Å². The number of aromatic hydroxyl groups is 2. The van der Waals surface area contributed by atoms with Crippen molar-refractivity contribution in [3.05, 3.63) is 89.5 Å². The zero-order valence-electron chi connectivity index (χ0n) is 38.9. The van der Waals surface area contributed by atoms with Gasteiger partial charge in [-0.05, 0) is 61.6 Å². The van der Waals surface area contributed by atoms with E-state index in [0.717, 1.165) is 11.1 Å². The summed E-state index contributed by atoms with van der Waals surface area (Å²) < 4.78 is 0. The summed E-state index contributed by atoms with van der Waals surface area (Å²) in [6.07, 6.45) is -0.958. The fraction of sp³-hybridized carbons (Fsp3) is 0.426. The van der Waals surface area contributed by atoms with E-state index < -0.39 is 97.5 Å². The molecule has 24 heteroatoms. The average Bonchev–Trinajstić information content (AvgIpc) is 3.31. The van der Waals surface area contributed by atoms with E-state index in [0.29, 0.717) is 63.6 Å². The number of unbranched alkanes of at least 4 members (excludes halogenated alkanes) is 1. The van der Waals surface area contributed by atoms with E-state index in [1.807, 2.05) is 23.5 Å². The summed E-state index contributed by atoms with van der Waals surface area (Å²) in [6, 6.07) is 13.5. The Morgan fingerprint density at radius 2 is 1.18 bits per heavy atom. The van der Waals surface area contributed by atoms with Crippen molar-refractivity contribution in [1.29, 1.82) is 0 Å². The summed E-state index contributed by atoms with van der Waals surface area (Å²) in [5.41, 5.74) is 2.58. The Morgan fingerprint density at radius 1 is 0.577 bits per heavy atom. The molecule has 0 fully saturated rings. The van der Waals surface area contributed by atoms with Crippen molar-refractivity contribution < 1.29 is 74.1 Å². The first kappa shape index (κ1) is 57.5. The second kappa shape index (κ2) is 31.3. The van der Waals surface area contributed by atoms with Gasteiger partial charge in [-0.25, -0.2) is 14.4 Å². The van der Waals surface area contributed by atoms with Crippen LogP contribution in [0.4, 0.5) is 10.5 Å². The van der Waals surface area contributed by atoms with Gasteiger partial charge in [0.15, 0.2) is 0 Å². The van der Waals surface area contributed by atoms with Crippen LogP contribution in [-0.4, -0.2) is 165 Å². The fourth-order valence-corrected chi connectivity index (χ4v) is 6.82. The molecule has 0 heterocycles. The average molecular weight is 994 g/mol. The molecule has 0 aliphatic rings. The summed E-state index contributed by atoms with van der Waals surface area (Å²) >= 11 is 0. The third-order valence-electron chi connectivity index (χ3n) is 10.5. The standard InChI is InChI=1S/C47H63N9O15/c57-38-10-3-1-7-31(38)27-50-22-21-48-19-20-49-23-24-56(29-32-8-2-4-11-39(32)58)28-30-12-14-33(15-13-30)52-37(26-42(63)64)44(66)53-36(25-41(61)62)43(65)51-18-6-5-9-34(45(67)68)54-47(71)55-35(46(69)70)16-17-40(59)60/h1-4,7-8,10-15,27,34-37,48-49,52,57-58H,5-6,9,16-26,28-29H2,(H,51,65)(H,53,66)(H,59,60)(H,61,62)(H,63,64)(H,67,68)(H,69,70)(H2,54,55,71). The van der Waals surface area contributed by atoms with E-state index in [-0.39, 0.29) is 37.3 Å². The Balaban J connectivity index is 1.53. The molecule has 4 unspecified atom stereocenters. The van der Waals surface area contributed by atoms with Crippen LogP contribution < -0.4 is 37.2 Å². The van der Waals surface area contributed by atoms with Crippen molar-refractivity contribution in [3.8, 4) is 11.5 Å². The van der Waals surface area contributed by atoms with E-state index in [2.05, 4.69) is 41.8 Å². The van der Waals surface area contributed by atoms with E-state index in [9.17, 15) is 69.0 Å². The summed E-state index contributed by atoms with van der Waals surface area (Å²) in [5.74, 6) is -8.66. The van der Waals surface area contributed by atoms with Crippen LogP contribution in [0.5, 0.6) is 11.5 Å². The largest absolute Gasteiger partial charge is 0.508 e. The number of amides is 4. The molecule has 71 heavy (non-hydrogen) atoms. The molecular formula is C47H63N9O15. The van der Waals surface area contributed by atoms with Crippen molar-refractivity contribution in [2.45, 2.75) is 82.2 Å².